The molecule has 0 aromatic heterocycles. The van der Waals surface area contributed by atoms with Crippen LogP contribution in [0.2, 0.25) is 0 Å². The average molecular weight is 218 g/mol. The second-order valence-electron chi connectivity index (χ2n) is 4.60. The SMILES string of the molecule is CC(C)(C)C(=O)C(=O)C(=O)c1ccccc1. The largest absolute Gasteiger partial charge is 0.290 e. The maximum atomic E-state index is 11.7. The number of rotatable bonds is 3. The molecular formula is C13H14O3. The van der Waals surface area contributed by atoms with Crippen molar-refractivity contribution in [2.24, 2.45) is 5.41 Å². The number of hydrogen-bond acceptors (Lipinski definition) is 3. The lowest BCUT2D eigenvalue weighted by molar-refractivity contribution is -0.138. The zero-order chi connectivity index (χ0) is 12.3. The fourth-order valence-corrected chi connectivity index (χ4v) is 1.16. The van der Waals surface area contributed by atoms with Gasteiger partial charge in [-0.2, -0.15) is 0 Å². The molecule has 0 aliphatic carbocycles. The van der Waals surface area contributed by atoms with E-state index in [9.17, 15) is 14.4 Å². The van der Waals surface area contributed by atoms with Gasteiger partial charge in [-0.05, 0) is 0 Å². The van der Waals surface area contributed by atoms with Crippen LogP contribution < -0.4 is 0 Å². The zero-order valence-corrected chi connectivity index (χ0v) is 9.61. The van der Waals surface area contributed by atoms with Gasteiger partial charge in [-0.25, -0.2) is 0 Å². The summed E-state index contributed by atoms with van der Waals surface area (Å²) < 4.78 is 0. The molecule has 0 unspecified atom stereocenters. The first-order valence-electron chi connectivity index (χ1n) is 5.02. The molecule has 0 fully saturated rings. The molecule has 0 aliphatic rings. The maximum absolute atomic E-state index is 11.7. The zero-order valence-electron chi connectivity index (χ0n) is 9.61. The molecule has 0 spiro atoms. The Morgan fingerprint density at radius 2 is 1.44 bits per heavy atom. The first-order valence-corrected chi connectivity index (χ1v) is 5.02. The molecule has 0 saturated carbocycles. The van der Waals surface area contributed by atoms with Gasteiger partial charge in [0.2, 0.25) is 11.6 Å². The fourth-order valence-electron chi connectivity index (χ4n) is 1.16. The molecule has 0 N–H and O–H groups in total. The summed E-state index contributed by atoms with van der Waals surface area (Å²) in [5.74, 6) is -2.33. The molecule has 3 heteroatoms. The number of ketones is 3. The van der Waals surface area contributed by atoms with Crippen molar-refractivity contribution in [3.05, 3.63) is 35.9 Å². The first-order chi connectivity index (χ1) is 7.34. The first kappa shape index (κ1) is 12.3. The van der Waals surface area contributed by atoms with Crippen molar-refractivity contribution >= 4 is 17.3 Å². The summed E-state index contributed by atoms with van der Waals surface area (Å²) in [6.45, 7) is 4.85. The van der Waals surface area contributed by atoms with Crippen LogP contribution in [0.25, 0.3) is 0 Å². The lowest BCUT2D eigenvalue weighted by Crippen LogP contribution is -2.33. The van der Waals surface area contributed by atoms with Crippen molar-refractivity contribution in [3.8, 4) is 0 Å². The second-order valence-corrected chi connectivity index (χ2v) is 4.60. The molecule has 0 amide bonds. The topological polar surface area (TPSA) is 51.2 Å². The van der Waals surface area contributed by atoms with Gasteiger partial charge in [0.05, 0.1) is 0 Å². The molecule has 0 aliphatic heterocycles. The summed E-state index contributed by atoms with van der Waals surface area (Å²) in [6.07, 6.45) is 0. The third-order valence-corrected chi connectivity index (χ3v) is 2.13. The highest BCUT2D eigenvalue weighted by atomic mass is 16.2. The van der Waals surface area contributed by atoms with Crippen LogP contribution in [0.15, 0.2) is 30.3 Å². The van der Waals surface area contributed by atoms with E-state index < -0.39 is 22.8 Å². The number of carbonyl (C=O) groups is 3. The van der Waals surface area contributed by atoms with Crippen LogP contribution in [-0.4, -0.2) is 17.3 Å². The van der Waals surface area contributed by atoms with Crippen LogP contribution in [0.1, 0.15) is 31.1 Å². The van der Waals surface area contributed by atoms with Crippen LogP contribution in [0.4, 0.5) is 0 Å². The number of benzene rings is 1. The Morgan fingerprint density at radius 3 is 1.88 bits per heavy atom. The average Bonchev–Trinajstić information content (AvgIpc) is 2.26. The minimum Gasteiger partial charge on any atom is -0.290 e. The molecule has 1 rings (SSSR count). The molecule has 3 nitrogen and oxygen atoms in total. The molecular weight excluding hydrogens is 204 g/mol. The van der Waals surface area contributed by atoms with Gasteiger partial charge in [-0.3, -0.25) is 14.4 Å². The lowest BCUT2D eigenvalue weighted by atomic mass is 9.86. The third-order valence-electron chi connectivity index (χ3n) is 2.13. The maximum Gasteiger partial charge on any atom is 0.269 e. The Bertz CT molecular complexity index is 424. The van der Waals surface area contributed by atoms with E-state index in [0.29, 0.717) is 0 Å². The summed E-state index contributed by atoms with van der Waals surface area (Å²) in [4.78, 5) is 34.9. The van der Waals surface area contributed by atoms with Gasteiger partial charge in [-0.1, -0.05) is 51.1 Å². The highest BCUT2D eigenvalue weighted by Crippen LogP contribution is 2.16. The van der Waals surface area contributed by atoms with E-state index in [0.717, 1.165) is 0 Å². The molecule has 84 valence electrons. The second kappa shape index (κ2) is 4.39. The van der Waals surface area contributed by atoms with Gasteiger partial charge in [0.1, 0.15) is 0 Å². The molecule has 0 atom stereocenters. The summed E-state index contributed by atoms with van der Waals surface area (Å²) in [5, 5.41) is 0. The number of hydrogen-bond donors (Lipinski definition) is 0. The van der Waals surface area contributed by atoms with Crippen LogP contribution in [0.5, 0.6) is 0 Å². The molecule has 0 saturated heterocycles. The lowest BCUT2D eigenvalue weighted by Gasteiger charge is -2.14. The van der Waals surface area contributed by atoms with Crippen molar-refractivity contribution in [3.63, 3.8) is 0 Å². The molecule has 0 bridgehead atoms. The number of Topliss-reactive ketones (excluding diaryl/α,β-unsaturated/α-hetero) is 3. The number of carbonyl (C=O) groups excluding carboxylic acids is 3. The Kier molecular flexibility index (Phi) is 3.38. The smallest absolute Gasteiger partial charge is 0.269 e. The summed E-state index contributed by atoms with van der Waals surface area (Å²) in [6, 6.07) is 8.10. The van der Waals surface area contributed by atoms with E-state index in [4.69, 9.17) is 0 Å². The van der Waals surface area contributed by atoms with Crippen LogP contribution >= 0.6 is 0 Å². The van der Waals surface area contributed by atoms with Gasteiger partial charge in [0, 0.05) is 11.0 Å². The van der Waals surface area contributed by atoms with E-state index in [2.05, 4.69) is 0 Å². The van der Waals surface area contributed by atoms with Crippen molar-refractivity contribution in [2.75, 3.05) is 0 Å². The van der Waals surface area contributed by atoms with Crippen molar-refractivity contribution < 1.29 is 14.4 Å². The quantitative estimate of drug-likeness (QED) is 0.443. The summed E-state index contributed by atoms with van der Waals surface area (Å²) in [5.41, 5.74) is -0.563. The van der Waals surface area contributed by atoms with Gasteiger partial charge in [0.15, 0.2) is 0 Å². The standard InChI is InChI=1S/C13H14O3/c1-13(2,3)12(16)11(15)10(14)9-7-5-4-6-8-9/h4-8H,1-3H3. The fraction of sp³-hybridized carbons (Fsp3) is 0.308. The van der Waals surface area contributed by atoms with E-state index in [1.54, 1.807) is 39.0 Å². The minimum absolute atomic E-state index is 0.255. The molecule has 0 heterocycles. The highest BCUT2D eigenvalue weighted by molar-refractivity contribution is 6.67. The van der Waals surface area contributed by atoms with Crippen LogP contribution in [0.3, 0.4) is 0 Å². The predicted octanol–water partition coefficient (Wildman–Crippen LogP) is 2.05. The summed E-state index contributed by atoms with van der Waals surface area (Å²) >= 11 is 0. The normalized spacial score (nSPS) is 10.9. The molecule has 0 radical (unpaired) electrons. The Labute approximate surface area is 94.5 Å². The van der Waals surface area contributed by atoms with Crippen LogP contribution in [0, 0.1) is 5.41 Å². The Hall–Kier alpha value is -1.77. The van der Waals surface area contributed by atoms with Gasteiger partial charge in [-0.15, -0.1) is 0 Å². The van der Waals surface area contributed by atoms with Gasteiger partial charge < -0.3 is 0 Å². The minimum atomic E-state index is -0.946. The van der Waals surface area contributed by atoms with E-state index in [-0.39, 0.29) is 5.56 Å². The molecule has 16 heavy (non-hydrogen) atoms. The van der Waals surface area contributed by atoms with Crippen molar-refractivity contribution in [2.45, 2.75) is 20.8 Å². The van der Waals surface area contributed by atoms with E-state index in [1.165, 1.54) is 12.1 Å². The Balaban J connectivity index is 2.93. The van der Waals surface area contributed by atoms with Crippen LogP contribution in [-0.2, 0) is 9.59 Å². The van der Waals surface area contributed by atoms with E-state index >= 15 is 0 Å². The van der Waals surface area contributed by atoms with Crippen molar-refractivity contribution in [1.82, 2.24) is 0 Å². The third kappa shape index (κ3) is 2.63. The Morgan fingerprint density at radius 1 is 0.938 bits per heavy atom. The monoisotopic (exact) mass is 218 g/mol. The molecule has 1 aromatic carbocycles. The van der Waals surface area contributed by atoms with Gasteiger partial charge in [0.25, 0.3) is 5.78 Å². The predicted molar refractivity (Wildman–Crippen MR) is 60.2 cm³/mol. The van der Waals surface area contributed by atoms with Crippen molar-refractivity contribution in [1.29, 1.82) is 0 Å². The summed E-state index contributed by atoms with van der Waals surface area (Å²) in [7, 11) is 0. The van der Waals surface area contributed by atoms with Gasteiger partial charge >= 0.3 is 0 Å². The highest BCUT2D eigenvalue weighted by Gasteiger charge is 2.32. The molecule has 1 aromatic rings. The van der Waals surface area contributed by atoms with E-state index in [1.807, 2.05) is 0 Å².